The van der Waals surface area contributed by atoms with Gasteiger partial charge in [-0.1, -0.05) is 33.3 Å². The van der Waals surface area contributed by atoms with Crippen LogP contribution in [0, 0.1) is 46.3 Å². The summed E-state index contributed by atoms with van der Waals surface area (Å²) < 4.78 is 0. The molecular weight excluding hydrogens is 308 g/mol. The molecule has 0 N–H and O–H groups in total. The maximum absolute atomic E-state index is 12.4. The summed E-state index contributed by atoms with van der Waals surface area (Å²) in [5.41, 5.74) is 1.87. The van der Waals surface area contributed by atoms with Crippen LogP contribution in [0.3, 0.4) is 0 Å². The van der Waals surface area contributed by atoms with Gasteiger partial charge < -0.3 is 0 Å². The lowest BCUT2D eigenvalue weighted by Crippen LogP contribution is -2.52. The zero-order valence-electron chi connectivity index (χ0n) is 16.6. The molecule has 0 saturated heterocycles. The molecule has 0 aliphatic heterocycles. The molecule has 0 aromatic carbocycles. The Balaban J connectivity index is 1.73. The first kappa shape index (κ1) is 17.5. The third-order valence-corrected chi connectivity index (χ3v) is 9.06. The van der Waals surface area contributed by atoms with Crippen LogP contribution in [0.15, 0.2) is 11.6 Å². The van der Waals surface area contributed by atoms with Crippen molar-refractivity contribution in [3.8, 4) is 0 Å². The number of allylic oxidation sites excluding steroid dienone is 1. The first-order valence-corrected chi connectivity index (χ1v) is 10.4. The molecule has 138 valence electrons. The number of ketones is 2. The van der Waals surface area contributed by atoms with Gasteiger partial charge in [-0.15, -0.1) is 0 Å². The van der Waals surface area contributed by atoms with E-state index in [4.69, 9.17) is 0 Å². The van der Waals surface area contributed by atoms with Crippen molar-refractivity contribution in [3.05, 3.63) is 11.6 Å². The van der Waals surface area contributed by atoms with Crippen LogP contribution in [0.25, 0.3) is 0 Å². The van der Waals surface area contributed by atoms with Gasteiger partial charge in [-0.25, -0.2) is 0 Å². The molecule has 25 heavy (non-hydrogen) atoms. The molecular formula is C23H34O2. The quantitative estimate of drug-likeness (QED) is 0.655. The van der Waals surface area contributed by atoms with Crippen LogP contribution in [0.1, 0.15) is 73.1 Å². The van der Waals surface area contributed by atoms with Gasteiger partial charge in [0.25, 0.3) is 0 Å². The highest BCUT2D eigenvalue weighted by Crippen LogP contribution is 2.68. The fraction of sp³-hybridized carbons (Fsp3) is 0.826. The van der Waals surface area contributed by atoms with Crippen molar-refractivity contribution in [2.24, 2.45) is 46.3 Å². The number of carbonyl (C=O) groups is 2. The predicted molar refractivity (Wildman–Crippen MR) is 100.0 cm³/mol. The number of Topliss-reactive ketones (excluding diaryl/α,β-unsaturated/α-hetero) is 1. The van der Waals surface area contributed by atoms with Crippen molar-refractivity contribution in [1.29, 1.82) is 0 Å². The van der Waals surface area contributed by atoms with Gasteiger partial charge in [0, 0.05) is 12.3 Å². The molecule has 3 saturated carbocycles. The Morgan fingerprint density at radius 3 is 2.52 bits per heavy atom. The average molecular weight is 343 g/mol. The highest BCUT2D eigenvalue weighted by molar-refractivity contribution is 5.91. The molecule has 0 radical (unpaired) electrons. The van der Waals surface area contributed by atoms with Crippen molar-refractivity contribution in [3.63, 3.8) is 0 Å². The average Bonchev–Trinajstić information content (AvgIpc) is 2.80. The van der Waals surface area contributed by atoms with Crippen LogP contribution in [-0.2, 0) is 9.59 Å². The Morgan fingerprint density at radius 2 is 1.84 bits per heavy atom. The molecule has 4 aliphatic carbocycles. The molecule has 8 atom stereocenters. The largest absolute Gasteiger partial charge is 0.300 e. The second kappa shape index (κ2) is 5.54. The molecule has 0 aromatic heterocycles. The SMILES string of the molecule is CC(=O)[C@H]1[C@@H](C)C[C@H]2[C@@H]3C[C@H](C)C4=CC(=O)CC[C@]4(C)[C@H]3CC[C@@]21C. The highest BCUT2D eigenvalue weighted by Gasteiger charge is 2.62. The Hall–Kier alpha value is -0.920. The fourth-order valence-corrected chi connectivity index (χ4v) is 8.21. The lowest BCUT2D eigenvalue weighted by atomic mass is 9.45. The zero-order valence-corrected chi connectivity index (χ0v) is 16.6. The third-order valence-electron chi connectivity index (χ3n) is 9.06. The van der Waals surface area contributed by atoms with E-state index in [1.807, 2.05) is 13.0 Å². The number of carbonyl (C=O) groups excluding carboxylic acids is 2. The molecule has 0 heterocycles. The molecule has 0 bridgehead atoms. The van der Waals surface area contributed by atoms with Crippen molar-refractivity contribution in [1.82, 2.24) is 0 Å². The van der Waals surface area contributed by atoms with Gasteiger partial charge in [-0.2, -0.15) is 0 Å². The van der Waals surface area contributed by atoms with Crippen molar-refractivity contribution < 1.29 is 9.59 Å². The lowest BCUT2D eigenvalue weighted by Gasteiger charge is -2.59. The molecule has 4 aliphatic rings. The second-order valence-corrected chi connectivity index (χ2v) is 10.3. The van der Waals surface area contributed by atoms with Crippen LogP contribution in [0.5, 0.6) is 0 Å². The summed E-state index contributed by atoms with van der Waals surface area (Å²) in [6.45, 7) is 11.3. The van der Waals surface area contributed by atoms with E-state index in [9.17, 15) is 9.59 Å². The number of rotatable bonds is 1. The molecule has 0 unspecified atom stereocenters. The third kappa shape index (κ3) is 2.28. The van der Waals surface area contributed by atoms with E-state index in [0.29, 0.717) is 35.2 Å². The number of fused-ring (bicyclic) bond motifs is 5. The molecule has 2 nitrogen and oxygen atoms in total. The summed E-state index contributed by atoms with van der Waals surface area (Å²) in [6.07, 6.45) is 8.65. The molecule has 0 amide bonds. The fourth-order valence-electron chi connectivity index (χ4n) is 8.21. The Labute approximate surface area is 152 Å². The maximum Gasteiger partial charge on any atom is 0.155 e. The smallest absolute Gasteiger partial charge is 0.155 e. The summed E-state index contributed by atoms with van der Waals surface area (Å²) >= 11 is 0. The van der Waals surface area contributed by atoms with Crippen LogP contribution < -0.4 is 0 Å². The van der Waals surface area contributed by atoms with Crippen molar-refractivity contribution in [2.45, 2.75) is 73.1 Å². The van der Waals surface area contributed by atoms with Gasteiger partial charge >= 0.3 is 0 Å². The van der Waals surface area contributed by atoms with E-state index in [1.165, 1.54) is 31.3 Å². The van der Waals surface area contributed by atoms with E-state index in [-0.39, 0.29) is 16.7 Å². The Kier molecular flexibility index (Phi) is 3.87. The molecule has 3 fully saturated rings. The first-order valence-electron chi connectivity index (χ1n) is 10.4. The van der Waals surface area contributed by atoms with Gasteiger partial charge in [0.05, 0.1) is 0 Å². The summed E-state index contributed by atoms with van der Waals surface area (Å²) in [6, 6.07) is 0. The van der Waals surface area contributed by atoms with Gasteiger partial charge in [0.2, 0.25) is 0 Å². The van der Waals surface area contributed by atoms with Gasteiger partial charge in [-0.3, -0.25) is 9.59 Å². The molecule has 0 aromatic rings. The molecule has 2 heteroatoms. The molecule has 4 rings (SSSR count). The maximum atomic E-state index is 12.4. The molecule has 0 spiro atoms. The Morgan fingerprint density at radius 1 is 1.12 bits per heavy atom. The predicted octanol–water partition coefficient (Wildman–Crippen LogP) is 5.22. The number of hydrogen-bond donors (Lipinski definition) is 0. The van der Waals surface area contributed by atoms with Gasteiger partial charge in [0.15, 0.2) is 5.78 Å². The van der Waals surface area contributed by atoms with Crippen LogP contribution in [0.4, 0.5) is 0 Å². The summed E-state index contributed by atoms with van der Waals surface area (Å²) in [7, 11) is 0. The standard InChI is InChI=1S/C23H34O2/c1-13-10-17-18(22(4)8-6-16(25)12-19(13)22)7-9-23(5)20(17)11-14(2)21(23)15(3)24/h12-14,17-18,20-21H,6-11H2,1-5H3/t13-,14-,17+,18-,20-,21+,22+,23-/m0/s1. The minimum Gasteiger partial charge on any atom is -0.300 e. The van der Waals surface area contributed by atoms with E-state index in [0.717, 1.165) is 18.8 Å². The van der Waals surface area contributed by atoms with E-state index in [1.54, 1.807) is 0 Å². The summed E-state index contributed by atoms with van der Waals surface area (Å²) in [5.74, 6) is 4.18. The zero-order chi connectivity index (χ0) is 18.1. The normalized spacial score (nSPS) is 52.0. The van der Waals surface area contributed by atoms with E-state index >= 15 is 0 Å². The van der Waals surface area contributed by atoms with E-state index in [2.05, 4.69) is 27.7 Å². The van der Waals surface area contributed by atoms with Crippen molar-refractivity contribution >= 4 is 11.6 Å². The minimum absolute atomic E-state index is 0.203. The van der Waals surface area contributed by atoms with Gasteiger partial charge in [0.1, 0.15) is 5.78 Å². The second-order valence-electron chi connectivity index (χ2n) is 10.3. The van der Waals surface area contributed by atoms with Crippen LogP contribution in [-0.4, -0.2) is 11.6 Å². The lowest BCUT2D eigenvalue weighted by molar-refractivity contribution is -0.130. The topological polar surface area (TPSA) is 34.1 Å². The van der Waals surface area contributed by atoms with Gasteiger partial charge in [-0.05, 0) is 85.5 Å². The van der Waals surface area contributed by atoms with E-state index < -0.39 is 0 Å². The minimum atomic E-state index is 0.203. The first-order chi connectivity index (χ1) is 11.7. The van der Waals surface area contributed by atoms with Crippen LogP contribution in [0.2, 0.25) is 0 Å². The highest BCUT2D eigenvalue weighted by atomic mass is 16.1. The van der Waals surface area contributed by atoms with Crippen molar-refractivity contribution in [2.75, 3.05) is 0 Å². The Bertz CT molecular complexity index is 646. The monoisotopic (exact) mass is 342 g/mol. The summed E-state index contributed by atoms with van der Waals surface area (Å²) in [5, 5.41) is 0. The van der Waals surface area contributed by atoms with Crippen LogP contribution >= 0.6 is 0 Å². The summed E-state index contributed by atoms with van der Waals surface area (Å²) in [4.78, 5) is 24.5. The number of hydrogen-bond acceptors (Lipinski definition) is 2.